The molecule has 0 aliphatic carbocycles. The van der Waals surface area contributed by atoms with Crippen LogP contribution in [0.5, 0.6) is 0 Å². The molecule has 0 bridgehead atoms. The number of nitrogens with one attached hydrogen (secondary N) is 1. The molecule has 0 unspecified atom stereocenters. The number of hydrogen-bond acceptors (Lipinski definition) is 3. The van der Waals surface area contributed by atoms with Crippen LogP contribution < -0.4 is 11.1 Å². The lowest BCUT2D eigenvalue weighted by Gasteiger charge is -2.24. The molecule has 2 aromatic rings. The zero-order chi connectivity index (χ0) is 15.0. The standard InChI is InChI=1S/C18H19N3/c1-11-3-4-12(2)15(7-11)16-8-13(9-19)18(20)17-10-21-6-5-14(16)17/h3-4,7-8,21H,5-6,10,20H2,1-2H3. The predicted molar refractivity (Wildman–Crippen MR) is 85.9 cm³/mol. The molecule has 0 radical (unpaired) electrons. The van der Waals surface area contributed by atoms with Crippen molar-refractivity contribution in [3.63, 3.8) is 0 Å². The van der Waals surface area contributed by atoms with Gasteiger partial charge in [-0.15, -0.1) is 0 Å². The SMILES string of the molecule is Cc1ccc(C)c(-c2cc(C#N)c(N)c3c2CCNC3)c1. The second kappa shape index (κ2) is 5.23. The summed E-state index contributed by atoms with van der Waals surface area (Å²) >= 11 is 0. The molecule has 0 saturated heterocycles. The van der Waals surface area contributed by atoms with E-state index in [-0.39, 0.29) is 0 Å². The van der Waals surface area contributed by atoms with Crippen molar-refractivity contribution < 1.29 is 0 Å². The fourth-order valence-corrected chi connectivity index (χ4v) is 3.07. The van der Waals surface area contributed by atoms with Gasteiger partial charge in [-0.25, -0.2) is 0 Å². The highest BCUT2D eigenvalue weighted by atomic mass is 14.9. The van der Waals surface area contributed by atoms with E-state index < -0.39 is 0 Å². The van der Waals surface area contributed by atoms with Gasteiger partial charge in [-0.1, -0.05) is 23.8 Å². The van der Waals surface area contributed by atoms with Crippen molar-refractivity contribution in [2.24, 2.45) is 0 Å². The number of anilines is 1. The Morgan fingerprint density at radius 1 is 1.14 bits per heavy atom. The van der Waals surface area contributed by atoms with Gasteiger partial charge in [-0.3, -0.25) is 0 Å². The first-order valence-corrected chi connectivity index (χ1v) is 7.24. The van der Waals surface area contributed by atoms with E-state index in [2.05, 4.69) is 43.4 Å². The Kier molecular flexibility index (Phi) is 3.40. The van der Waals surface area contributed by atoms with Gasteiger partial charge in [0.05, 0.1) is 11.3 Å². The van der Waals surface area contributed by atoms with Crippen molar-refractivity contribution >= 4 is 5.69 Å². The first-order valence-electron chi connectivity index (χ1n) is 7.24. The van der Waals surface area contributed by atoms with Crippen LogP contribution in [0, 0.1) is 25.2 Å². The molecule has 0 saturated carbocycles. The minimum absolute atomic E-state index is 0.577. The molecule has 0 spiro atoms. The zero-order valence-electron chi connectivity index (χ0n) is 12.5. The van der Waals surface area contributed by atoms with Crippen molar-refractivity contribution in [2.75, 3.05) is 12.3 Å². The lowest BCUT2D eigenvalue weighted by molar-refractivity contribution is 0.646. The lowest BCUT2D eigenvalue weighted by atomic mass is 9.86. The summed E-state index contributed by atoms with van der Waals surface area (Å²) in [7, 11) is 0. The fourth-order valence-electron chi connectivity index (χ4n) is 3.07. The maximum absolute atomic E-state index is 9.36. The molecular formula is C18H19N3. The summed E-state index contributed by atoms with van der Waals surface area (Å²) in [6, 6.07) is 10.7. The molecule has 21 heavy (non-hydrogen) atoms. The van der Waals surface area contributed by atoms with Crippen LogP contribution in [0.15, 0.2) is 24.3 Å². The molecule has 0 amide bonds. The quantitative estimate of drug-likeness (QED) is 0.787. The topological polar surface area (TPSA) is 61.8 Å². The first-order chi connectivity index (χ1) is 10.1. The number of rotatable bonds is 1. The highest BCUT2D eigenvalue weighted by Crippen LogP contribution is 2.36. The summed E-state index contributed by atoms with van der Waals surface area (Å²) in [5, 5.41) is 12.7. The number of hydrogen-bond donors (Lipinski definition) is 2. The highest BCUT2D eigenvalue weighted by Gasteiger charge is 2.20. The second-order valence-electron chi connectivity index (χ2n) is 5.70. The smallest absolute Gasteiger partial charge is 0.101 e. The average Bonchev–Trinajstić information content (AvgIpc) is 2.51. The molecule has 1 aliphatic rings. The molecule has 1 aliphatic heterocycles. The van der Waals surface area contributed by atoms with E-state index in [9.17, 15) is 5.26 Å². The number of nitrogens with two attached hydrogens (primary N) is 1. The summed E-state index contributed by atoms with van der Waals surface area (Å²) in [4.78, 5) is 0. The molecule has 0 fully saturated rings. The number of nitriles is 1. The first kappa shape index (κ1) is 13.7. The zero-order valence-corrected chi connectivity index (χ0v) is 12.5. The number of benzene rings is 2. The molecule has 0 aromatic heterocycles. The second-order valence-corrected chi connectivity index (χ2v) is 5.70. The van der Waals surface area contributed by atoms with E-state index in [4.69, 9.17) is 5.73 Å². The van der Waals surface area contributed by atoms with Gasteiger partial charge in [0.2, 0.25) is 0 Å². The molecule has 2 aromatic carbocycles. The van der Waals surface area contributed by atoms with Crippen LogP contribution in [-0.2, 0) is 13.0 Å². The van der Waals surface area contributed by atoms with Crippen LogP contribution in [0.4, 0.5) is 5.69 Å². The van der Waals surface area contributed by atoms with E-state index in [1.54, 1.807) is 0 Å². The lowest BCUT2D eigenvalue weighted by Crippen LogP contribution is -2.25. The van der Waals surface area contributed by atoms with Gasteiger partial charge >= 0.3 is 0 Å². The van der Waals surface area contributed by atoms with Crippen molar-refractivity contribution in [3.05, 3.63) is 52.1 Å². The number of aryl methyl sites for hydroxylation is 2. The Morgan fingerprint density at radius 2 is 1.95 bits per heavy atom. The predicted octanol–water partition coefficient (Wildman–Crippen LogP) is 3.07. The van der Waals surface area contributed by atoms with Gasteiger partial charge in [-0.05, 0) is 60.7 Å². The summed E-state index contributed by atoms with van der Waals surface area (Å²) < 4.78 is 0. The molecule has 3 N–H and O–H groups in total. The van der Waals surface area contributed by atoms with Crippen LogP contribution >= 0.6 is 0 Å². The minimum Gasteiger partial charge on any atom is -0.397 e. The van der Waals surface area contributed by atoms with Crippen molar-refractivity contribution in [1.82, 2.24) is 5.32 Å². The Bertz CT molecular complexity index is 754. The van der Waals surface area contributed by atoms with Crippen molar-refractivity contribution in [2.45, 2.75) is 26.8 Å². The Hall–Kier alpha value is -2.31. The molecule has 3 rings (SSSR count). The third-order valence-corrected chi connectivity index (χ3v) is 4.25. The third kappa shape index (κ3) is 2.28. The normalized spacial score (nSPS) is 13.6. The molecule has 0 atom stereocenters. The largest absolute Gasteiger partial charge is 0.397 e. The molecule has 3 heteroatoms. The number of nitrogens with zero attached hydrogens (tertiary/aromatic N) is 1. The van der Waals surface area contributed by atoms with Gasteiger partial charge in [0.15, 0.2) is 0 Å². The third-order valence-electron chi connectivity index (χ3n) is 4.25. The van der Waals surface area contributed by atoms with Crippen LogP contribution in [-0.4, -0.2) is 6.54 Å². The molecule has 106 valence electrons. The maximum atomic E-state index is 9.36. The van der Waals surface area contributed by atoms with Gasteiger partial charge < -0.3 is 11.1 Å². The minimum atomic E-state index is 0.577. The van der Waals surface area contributed by atoms with E-state index in [0.29, 0.717) is 11.3 Å². The summed E-state index contributed by atoms with van der Waals surface area (Å²) in [6.45, 7) is 5.91. The number of nitrogen functional groups attached to an aromatic ring is 1. The van der Waals surface area contributed by atoms with Crippen molar-refractivity contribution in [1.29, 1.82) is 5.26 Å². The Morgan fingerprint density at radius 3 is 2.71 bits per heavy atom. The monoisotopic (exact) mass is 277 g/mol. The molecule has 3 nitrogen and oxygen atoms in total. The maximum Gasteiger partial charge on any atom is 0.101 e. The van der Waals surface area contributed by atoms with Crippen LogP contribution in [0.1, 0.15) is 27.8 Å². The van der Waals surface area contributed by atoms with E-state index in [0.717, 1.165) is 25.1 Å². The van der Waals surface area contributed by atoms with Gasteiger partial charge in [0.25, 0.3) is 0 Å². The Balaban J connectivity index is 2.32. The van der Waals surface area contributed by atoms with Crippen molar-refractivity contribution in [3.8, 4) is 17.2 Å². The van der Waals surface area contributed by atoms with Gasteiger partial charge in [0, 0.05) is 6.54 Å². The number of fused-ring (bicyclic) bond motifs is 1. The summed E-state index contributed by atoms with van der Waals surface area (Å²) in [5.41, 5.74) is 14.6. The fraction of sp³-hybridized carbons (Fsp3) is 0.278. The van der Waals surface area contributed by atoms with Crippen LogP contribution in [0.2, 0.25) is 0 Å². The van der Waals surface area contributed by atoms with Crippen LogP contribution in [0.3, 0.4) is 0 Å². The highest BCUT2D eigenvalue weighted by molar-refractivity contribution is 5.79. The van der Waals surface area contributed by atoms with E-state index >= 15 is 0 Å². The summed E-state index contributed by atoms with van der Waals surface area (Å²) in [6.07, 6.45) is 0.952. The van der Waals surface area contributed by atoms with E-state index in [1.165, 1.54) is 27.8 Å². The molecular weight excluding hydrogens is 258 g/mol. The average molecular weight is 277 g/mol. The van der Waals surface area contributed by atoms with E-state index in [1.807, 2.05) is 6.07 Å². The van der Waals surface area contributed by atoms with Gasteiger partial charge in [-0.2, -0.15) is 5.26 Å². The van der Waals surface area contributed by atoms with Gasteiger partial charge in [0.1, 0.15) is 6.07 Å². The van der Waals surface area contributed by atoms with Crippen LogP contribution in [0.25, 0.3) is 11.1 Å². The summed E-state index contributed by atoms with van der Waals surface area (Å²) in [5.74, 6) is 0. The Labute approximate surface area is 125 Å². The molecule has 1 heterocycles.